The summed E-state index contributed by atoms with van der Waals surface area (Å²) < 4.78 is 0. The summed E-state index contributed by atoms with van der Waals surface area (Å²) in [5.41, 5.74) is 1.21. The van der Waals surface area contributed by atoms with Crippen molar-refractivity contribution in [1.29, 1.82) is 0 Å². The molecule has 2 rings (SSSR count). The van der Waals surface area contributed by atoms with Crippen molar-refractivity contribution in [1.82, 2.24) is 15.3 Å². The fourth-order valence-corrected chi connectivity index (χ4v) is 2.73. The fraction of sp³-hybridized carbons (Fsp3) is 0.714. The van der Waals surface area contributed by atoms with E-state index < -0.39 is 0 Å². The molecule has 0 amide bonds. The van der Waals surface area contributed by atoms with E-state index in [9.17, 15) is 0 Å². The predicted molar refractivity (Wildman–Crippen MR) is 74.6 cm³/mol. The Balaban J connectivity index is 2.11. The Labute approximate surface area is 110 Å². The van der Waals surface area contributed by atoms with Crippen LogP contribution in [0.5, 0.6) is 0 Å². The molecule has 18 heavy (non-hydrogen) atoms. The third kappa shape index (κ3) is 2.99. The molecule has 0 spiro atoms. The van der Waals surface area contributed by atoms with E-state index in [0.717, 1.165) is 37.8 Å². The smallest absolute Gasteiger partial charge is 0.136 e. The molecule has 1 aliphatic rings. The molecule has 2 unspecified atom stereocenters. The van der Waals surface area contributed by atoms with Gasteiger partial charge < -0.3 is 10.2 Å². The highest BCUT2D eigenvalue weighted by Gasteiger charge is 2.28. The predicted octanol–water partition coefficient (Wildman–Crippen LogP) is 2.21. The van der Waals surface area contributed by atoms with Gasteiger partial charge in [-0.1, -0.05) is 13.8 Å². The lowest BCUT2D eigenvalue weighted by atomic mass is 10.1. The number of hydrogen-bond donors (Lipinski definition) is 1. The Kier molecular flexibility index (Phi) is 4.53. The van der Waals surface area contributed by atoms with Crippen molar-refractivity contribution in [3.05, 3.63) is 18.1 Å². The molecule has 1 saturated heterocycles. The molecule has 0 saturated carbocycles. The van der Waals surface area contributed by atoms with Crippen molar-refractivity contribution in [3.63, 3.8) is 0 Å². The minimum atomic E-state index is 0.583. The normalized spacial score (nSPS) is 23.6. The molecule has 4 heteroatoms. The summed E-state index contributed by atoms with van der Waals surface area (Å²) in [6.07, 6.45) is 6.01. The number of nitrogens with one attached hydrogen (secondary N) is 1. The quantitative estimate of drug-likeness (QED) is 0.811. The second-order valence-electron chi connectivity index (χ2n) is 5.39. The average Bonchev–Trinajstić information content (AvgIpc) is 2.69. The molecule has 0 radical (unpaired) electrons. The fourth-order valence-electron chi connectivity index (χ4n) is 2.73. The third-order valence-electron chi connectivity index (χ3n) is 3.56. The van der Waals surface area contributed by atoms with Crippen molar-refractivity contribution >= 4 is 5.82 Å². The van der Waals surface area contributed by atoms with Crippen LogP contribution in [0.1, 0.15) is 39.2 Å². The van der Waals surface area contributed by atoms with Gasteiger partial charge in [0.1, 0.15) is 12.1 Å². The van der Waals surface area contributed by atoms with Crippen LogP contribution < -0.4 is 10.2 Å². The molecule has 1 fully saturated rings. The molecule has 2 atom stereocenters. The van der Waals surface area contributed by atoms with Gasteiger partial charge >= 0.3 is 0 Å². The van der Waals surface area contributed by atoms with Gasteiger partial charge in [0, 0.05) is 30.9 Å². The summed E-state index contributed by atoms with van der Waals surface area (Å²) in [4.78, 5) is 11.1. The maximum Gasteiger partial charge on any atom is 0.136 e. The molecule has 4 nitrogen and oxygen atoms in total. The van der Waals surface area contributed by atoms with E-state index in [1.165, 1.54) is 12.0 Å². The molecule has 1 N–H and O–H groups in total. The van der Waals surface area contributed by atoms with Crippen LogP contribution in [0.3, 0.4) is 0 Å². The SMILES string of the molecule is CCCNCc1cncnc1N1CC(C)CC1C. The van der Waals surface area contributed by atoms with E-state index in [2.05, 4.69) is 41.0 Å². The lowest BCUT2D eigenvalue weighted by molar-refractivity contribution is 0.624. The van der Waals surface area contributed by atoms with Crippen LogP contribution in [0.2, 0.25) is 0 Å². The first-order valence-electron chi connectivity index (χ1n) is 6.98. The minimum Gasteiger partial charge on any atom is -0.353 e. The van der Waals surface area contributed by atoms with Crippen LogP contribution in [-0.2, 0) is 6.54 Å². The second-order valence-corrected chi connectivity index (χ2v) is 5.39. The minimum absolute atomic E-state index is 0.583. The molecule has 1 aromatic heterocycles. The summed E-state index contributed by atoms with van der Waals surface area (Å²) >= 11 is 0. The van der Waals surface area contributed by atoms with Gasteiger partial charge in [0.15, 0.2) is 0 Å². The maximum atomic E-state index is 4.50. The van der Waals surface area contributed by atoms with Gasteiger partial charge in [-0.25, -0.2) is 9.97 Å². The summed E-state index contributed by atoms with van der Waals surface area (Å²) in [6, 6.07) is 0.583. The van der Waals surface area contributed by atoms with Crippen molar-refractivity contribution in [2.24, 2.45) is 5.92 Å². The number of anilines is 1. The zero-order valence-corrected chi connectivity index (χ0v) is 11.7. The van der Waals surface area contributed by atoms with Crippen LogP contribution in [0.4, 0.5) is 5.82 Å². The van der Waals surface area contributed by atoms with Gasteiger partial charge in [-0.15, -0.1) is 0 Å². The summed E-state index contributed by atoms with van der Waals surface area (Å²) in [5.74, 6) is 1.87. The van der Waals surface area contributed by atoms with Gasteiger partial charge in [0.25, 0.3) is 0 Å². The molecule has 100 valence electrons. The van der Waals surface area contributed by atoms with Gasteiger partial charge in [-0.2, -0.15) is 0 Å². The number of hydrogen-bond acceptors (Lipinski definition) is 4. The van der Waals surface area contributed by atoms with E-state index in [0.29, 0.717) is 6.04 Å². The Morgan fingerprint density at radius 2 is 2.28 bits per heavy atom. The first-order chi connectivity index (χ1) is 8.72. The molecular formula is C14H24N4. The topological polar surface area (TPSA) is 41.1 Å². The highest BCUT2D eigenvalue weighted by Crippen LogP contribution is 2.29. The molecule has 1 aromatic rings. The Morgan fingerprint density at radius 1 is 1.44 bits per heavy atom. The van der Waals surface area contributed by atoms with Crippen molar-refractivity contribution in [2.45, 2.75) is 46.2 Å². The molecule has 2 heterocycles. The zero-order valence-electron chi connectivity index (χ0n) is 11.7. The largest absolute Gasteiger partial charge is 0.353 e. The summed E-state index contributed by atoms with van der Waals surface area (Å²) in [7, 11) is 0. The third-order valence-corrected chi connectivity index (χ3v) is 3.56. The van der Waals surface area contributed by atoms with Gasteiger partial charge in [-0.3, -0.25) is 0 Å². The highest BCUT2D eigenvalue weighted by atomic mass is 15.2. The molecule has 1 aliphatic heterocycles. The van der Waals surface area contributed by atoms with Crippen molar-refractivity contribution in [2.75, 3.05) is 18.0 Å². The lowest BCUT2D eigenvalue weighted by Crippen LogP contribution is -2.29. The zero-order chi connectivity index (χ0) is 13.0. The van der Waals surface area contributed by atoms with E-state index >= 15 is 0 Å². The van der Waals surface area contributed by atoms with Gasteiger partial charge in [0.2, 0.25) is 0 Å². The van der Waals surface area contributed by atoms with Gasteiger partial charge in [0.05, 0.1) is 0 Å². The number of aromatic nitrogens is 2. The van der Waals surface area contributed by atoms with Crippen LogP contribution in [0.15, 0.2) is 12.5 Å². The maximum absolute atomic E-state index is 4.50. The van der Waals surface area contributed by atoms with E-state index in [1.807, 2.05) is 6.20 Å². The summed E-state index contributed by atoms with van der Waals surface area (Å²) in [5, 5.41) is 3.43. The van der Waals surface area contributed by atoms with Crippen LogP contribution in [0.25, 0.3) is 0 Å². The molecular weight excluding hydrogens is 224 g/mol. The Bertz CT molecular complexity index is 380. The number of rotatable bonds is 5. The van der Waals surface area contributed by atoms with Crippen LogP contribution in [0, 0.1) is 5.92 Å². The monoisotopic (exact) mass is 248 g/mol. The first-order valence-corrected chi connectivity index (χ1v) is 6.98. The Hall–Kier alpha value is -1.16. The van der Waals surface area contributed by atoms with Crippen LogP contribution >= 0.6 is 0 Å². The lowest BCUT2D eigenvalue weighted by Gasteiger charge is -2.24. The van der Waals surface area contributed by atoms with E-state index in [4.69, 9.17) is 0 Å². The average molecular weight is 248 g/mol. The van der Waals surface area contributed by atoms with Gasteiger partial charge in [-0.05, 0) is 32.2 Å². The first kappa shape index (κ1) is 13.3. The molecule has 0 aliphatic carbocycles. The molecule has 0 bridgehead atoms. The summed E-state index contributed by atoms with van der Waals surface area (Å²) in [6.45, 7) is 9.79. The standard InChI is InChI=1S/C14H24N4/c1-4-5-15-7-13-8-16-10-17-14(13)18-9-11(2)6-12(18)3/h8,10-12,15H,4-7,9H2,1-3H3. The van der Waals surface area contributed by atoms with E-state index in [1.54, 1.807) is 6.33 Å². The molecule has 0 aromatic carbocycles. The highest BCUT2D eigenvalue weighted by molar-refractivity contribution is 5.47. The van der Waals surface area contributed by atoms with Crippen molar-refractivity contribution in [3.8, 4) is 0 Å². The number of nitrogens with zero attached hydrogens (tertiary/aromatic N) is 3. The van der Waals surface area contributed by atoms with Crippen molar-refractivity contribution < 1.29 is 0 Å². The van der Waals surface area contributed by atoms with Crippen LogP contribution in [-0.4, -0.2) is 29.1 Å². The Morgan fingerprint density at radius 3 is 2.94 bits per heavy atom. The van der Waals surface area contributed by atoms with E-state index in [-0.39, 0.29) is 0 Å². The second kappa shape index (κ2) is 6.14.